The summed E-state index contributed by atoms with van der Waals surface area (Å²) in [5, 5.41) is 4.53. The minimum atomic E-state index is 0.554. The van der Waals surface area contributed by atoms with E-state index in [1.807, 2.05) is 11.8 Å². The second-order valence-electron chi connectivity index (χ2n) is 6.66. The summed E-state index contributed by atoms with van der Waals surface area (Å²) in [5.74, 6) is 1.60. The van der Waals surface area contributed by atoms with E-state index in [0.29, 0.717) is 5.92 Å². The van der Waals surface area contributed by atoms with Gasteiger partial charge in [-0.25, -0.2) is 9.97 Å². The van der Waals surface area contributed by atoms with Crippen LogP contribution in [0, 0.1) is 0 Å². The molecule has 3 nitrogen and oxygen atoms in total. The highest BCUT2D eigenvalue weighted by atomic mass is 32.2. The minimum absolute atomic E-state index is 0.554. The highest BCUT2D eigenvalue weighted by Gasteiger charge is 2.14. The first-order chi connectivity index (χ1) is 12.6. The molecule has 0 saturated carbocycles. The zero-order valence-electron chi connectivity index (χ0n) is 16.0. The maximum atomic E-state index is 4.60. The van der Waals surface area contributed by atoms with E-state index in [1.54, 1.807) is 17.7 Å². The van der Waals surface area contributed by atoms with Crippen LogP contribution in [-0.4, -0.2) is 40.3 Å². The van der Waals surface area contributed by atoms with Crippen molar-refractivity contribution in [2.75, 3.05) is 25.4 Å². The fourth-order valence-corrected chi connectivity index (χ4v) is 5.02. The van der Waals surface area contributed by atoms with Gasteiger partial charge in [0, 0.05) is 23.2 Å². The molecule has 3 aromatic rings. The average molecular weight is 386 g/mol. The maximum absolute atomic E-state index is 4.60. The molecule has 0 atom stereocenters. The van der Waals surface area contributed by atoms with Crippen molar-refractivity contribution in [3.05, 3.63) is 41.5 Å². The molecular formula is C21H27N3S2. The fraction of sp³-hybridized carbons (Fsp3) is 0.429. The summed E-state index contributed by atoms with van der Waals surface area (Å²) in [6, 6.07) is 8.93. The van der Waals surface area contributed by atoms with Gasteiger partial charge in [0.05, 0.1) is 5.39 Å². The second kappa shape index (κ2) is 8.98. The quantitative estimate of drug-likeness (QED) is 0.356. The number of aromatic nitrogens is 2. The fourth-order valence-electron chi connectivity index (χ4n) is 3.03. The summed E-state index contributed by atoms with van der Waals surface area (Å²) in [5.41, 5.74) is 3.88. The highest BCUT2D eigenvalue weighted by molar-refractivity contribution is 7.99. The lowest BCUT2D eigenvalue weighted by atomic mass is 9.99. The lowest BCUT2D eigenvalue weighted by Crippen LogP contribution is -2.25. The second-order valence-corrected chi connectivity index (χ2v) is 8.60. The van der Waals surface area contributed by atoms with Gasteiger partial charge in [0.15, 0.2) is 0 Å². The average Bonchev–Trinajstić information content (AvgIpc) is 3.10. The Hall–Kier alpha value is -1.43. The van der Waals surface area contributed by atoms with Crippen LogP contribution >= 0.6 is 23.1 Å². The van der Waals surface area contributed by atoms with Crippen molar-refractivity contribution in [2.24, 2.45) is 0 Å². The molecule has 0 aliphatic rings. The molecular weight excluding hydrogens is 358 g/mol. The molecule has 0 bridgehead atoms. The molecule has 0 spiro atoms. The Kier molecular flexibility index (Phi) is 6.68. The molecule has 0 N–H and O–H groups in total. The normalized spacial score (nSPS) is 11.8. The number of fused-ring (bicyclic) bond motifs is 1. The maximum Gasteiger partial charge on any atom is 0.128 e. The monoisotopic (exact) mass is 385 g/mol. The van der Waals surface area contributed by atoms with E-state index in [-0.39, 0.29) is 0 Å². The molecule has 0 unspecified atom stereocenters. The summed E-state index contributed by atoms with van der Waals surface area (Å²) < 4.78 is 0. The molecule has 0 amide bonds. The van der Waals surface area contributed by atoms with E-state index in [9.17, 15) is 0 Å². The number of rotatable bonds is 8. The molecule has 0 aliphatic carbocycles. The molecule has 1 aromatic carbocycles. The van der Waals surface area contributed by atoms with Gasteiger partial charge in [0.2, 0.25) is 0 Å². The first-order valence-electron chi connectivity index (χ1n) is 9.31. The topological polar surface area (TPSA) is 29.0 Å². The van der Waals surface area contributed by atoms with Crippen molar-refractivity contribution in [2.45, 2.75) is 38.6 Å². The number of hydrogen-bond acceptors (Lipinski definition) is 5. The number of hydrogen-bond donors (Lipinski definition) is 0. The van der Waals surface area contributed by atoms with Crippen LogP contribution in [0.3, 0.4) is 0 Å². The van der Waals surface area contributed by atoms with Crippen LogP contribution in [0.5, 0.6) is 0 Å². The molecule has 2 aromatic heterocycles. The van der Waals surface area contributed by atoms with Crippen LogP contribution in [0.4, 0.5) is 0 Å². The Bertz CT molecular complexity index is 836. The van der Waals surface area contributed by atoms with E-state index >= 15 is 0 Å². The molecule has 0 fully saturated rings. The van der Waals surface area contributed by atoms with Gasteiger partial charge in [-0.3, -0.25) is 0 Å². The van der Waals surface area contributed by atoms with Gasteiger partial charge >= 0.3 is 0 Å². The van der Waals surface area contributed by atoms with Crippen LogP contribution < -0.4 is 0 Å². The van der Waals surface area contributed by atoms with Gasteiger partial charge < -0.3 is 4.90 Å². The van der Waals surface area contributed by atoms with Crippen LogP contribution in [0.2, 0.25) is 0 Å². The number of benzene rings is 1. The van der Waals surface area contributed by atoms with Crippen LogP contribution in [0.15, 0.2) is 41.0 Å². The molecule has 0 saturated heterocycles. The van der Waals surface area contributed by atoms with E-state index < -0.39 is 0 Å². The lowest BCUT2D eigenvalue weighted by molar-refractivity contribution is 0.324. The zero-order chi connectivity index (χ0) is 18.5. The van der Waals surface area contributed by atoms with E-state index in [2.05, 4.69) is 72.2 Å². The van der Waals surface area contributed by atoms with Crippen molar-refractivity contribution >= 4 is 33.3 Å². The summed E-state index contributed by atoms with van der Waals surface area (Å²) in [4.78, 5) is 12.6. The van der Waals surface area contributed by atoms with Crippen LogP contribution in [0.1, 0.15) is 39.2 Å². The highest BCUT2D eigenvalue weighted by Crippen LogP contribution is 2.38. The van der Waals surface area contributed by atoms with Gasteiger partial charge in [0.1, 0.15) is 16.2 Å². The van der Waals surface area contributed by atoms with E-state index in [4.69, 9.17) is 0 Å². The van der Waals surface area contributed by atoms with Gasteiger partial charge in [-0.1, -0.05) is 52.0 Å². The van der Waals surface area contributed by atoms with Gasteiger partial charge in [-0.2, -0.15) is 0 Å². The van der Waals surface area contributed by atoms with Crippen molar-refractivity contribution in [1.82, 2.24) is 14.9 Å². The van der Waals surface area contributed by atoms with Gasteiger partial charge in [0.25, 0.3) is 0 Å². The Balaban J connectivity index is 1.87. The standard InChI is InChI=1S/C21H27N3S2/c1-5-24(6-2)11-12-25-20-19-18(13-26-21(19)23-14-22-20)17-9-7-16(8-10-17)15(3)4/h7-10,13-15H,5-6,11-12H2,1-4H3. The van der Waals surface area contributed by atoms with Gasteiger partial charge in [-0.05, 0) is 30.1 Å². The third-order valence-electron chi connectivity index (χ3n) is 4.76. The van der Waals surface area contributed by atoms with E-state index in [0.717, 1.165) is 35.2 Å². The number of nitrogens with zero attached hydrogens (tertiary/aromatic N) is 3. The lowest BCUT2D eigenvalue weighted by Gasteiger charge is -2.17. The summed E-state index contributed by atoms with van der Waals surface area (Å²) in [6.07, 6.45) is 1.70. The van der Waals surface area contributed by atoms with Gasteiger partial charge in [-0.15, -0.1) is 23.1 Å². The molecule has 2 heterocycles. The molecule has 26 heavy (non-hydrogen) atoms. The first-order valence-corrected chi connectivity index (χ1v) is 11.2. The Labute approximate surface area is 164 Å². The predicted molar refractivity (Wildman–Crippen MR) is 115 cm³/mol. The summed E-state index contributed by atoms with van der Waals surface area (Å²) in [6.45, 7) is 12.2. The third kappa shape index (κ3) is 4.27. The zero-order valence-corrected chi connectivity index (χ0v) is 17.7. The SMILES string of the molecule is CCN(CC)CCSc1ncnc2scc(-c3ccc(C(C)C)cc3)c12. The van der Waals surface area contributed by atoms with E-state index in [1.165, 1.54) is 22.1 Å². The summed E-state index contributed by atoms with van der Waals surface area (Å²) in [7, 11) is 0. The molecule has 5 heteroatoms. The Morgan fingerprint density at radius 1 is 1.08 bits per heavy atom. The molecule has 0 aliphatic heterocycles. The Morgan fingerprint density at radius 3 is 2.46 bits per heavy atom. The molecule has 0 radical (unpaired) electrons. The Morgan fingerprint density at radius 2 is 1.81 bits per heavy atom. The van der Waals surface area contributed by atoms with Crippen molar-refractivity contribution in [3.63, 3.8) is 0 Å². The first kappa shape index (κ1) is 19.3. The smallest absolute Gasteiger partial charge is 0.128 e. The minimum Gasteiger partial charge on any atom is -0.303 e. The summed E-state index contributed by atoms with van der Waals surface area (Å²) >= 11 is 3.55. The largest absolute Gasteiger partial charge is 0.303 e. The van der Waals surface area contributed by atoms with Crippen molar-refractivity contribution in [3.8, 4) is 11.1 Å². The predicted octanol–water partition coefficient (Wildman–Crippen LogP) is 5.92. The van der Waals surface area contributed by atoms with Crippen LogP contribution in [0.25, 0.3) is 21.3 Å². The van der Waals surface area contributed by atoms with Crippen molar-refractivity contribution < 1.29 is 0 Å². The molecule has 138 valence electrons. The number of thiophene rings is 1. The van der Waals surface area contributed by atoms with Crippen molar-refractivity contribution in [1.29, 1.82) is 0 Å². The number of thioether (sulfide) groups is 1. The van der Waals surface area contributed by atoms with Crippen LogP contribution in [-0.2, 0) is 0 Å². The molecule has 3 rings (SSSR count). The third-order valence-corrected chi connectivity index (χ3v) is 6.62.